The van der Waals surface area contributed by atoms with E-state index in [1.165, 1.54) is 18.3 Å². The summed E-state index contributed by atoms with van der Waals surface area (Å²) >= 11 is 1.14. The molecule has 2 fully saturated rings. The first-order chi connectivity index (χ1) is 22.7. The van der Waals surface area contributed by atoms with Gasteiger partial charge in [0.1, 0.15) is 23.6 Å². The number of carbonyl (C=O) groups excluding carboxylic acids is 4. The molecule has 1 saturated carbocycles. The van der Waals surface area contributed by atoms with Crippen LogP contribution in [0, 0.1) is 11.7 Å². The minimum atomic E-state index is -0.951. The third-order valence-electron chi connectivity index (χ3n) is 9.28. The zero-order valence-electron chi connectivity index (χ0n) is 27.1. The Morgan fingerprint density at radius 1 is 1.02 bits per heavy atom. The van der Waals surface area contributed by atoms with Gasteiger partial charge in [0.2, 0.25) is 11.8 Å². The fraction of sp³-hybridized carbons (Fsp3) is 0.515. The number of aryl methyl sites for hydroxylation is 1. The molecule has 3 aromatic rings. The van der Waals surface area contributed by atoms with Crippen LogP contribution in [0.1, 0.15) is 78.3 Å². The van der Waals surface area contributed by atoms with Crippen LogP contribution in [0.2, 0.25) is 0 Å². The Morgan fingerprint density at radius 2 is 1.77 bits per heavy atom. The first-order valence-electron chi connectivity index (χ1n) is 16.3. The van der Waals surface area contributed by atoms with Crippen LogP contribution in [0.15, 0.2) is 42.0 Å². The second-order valence-corrected chi connectivity index (χ2v) is 13.0. The maximum absolute atomic E-state index is 15.7. The van der Waals surface area contributed by atoms with Crippen LogP contribution in [-0.4, -0.2) is 92.9 Å². The molecule has 0 bridgehead atoms. The third-order valence-corrected chi connectivity index (χ3v) is 9.86. The molecule has 1 aromatic carbocycles. The van der Waals surface area contributed by atoms with E-state index in [4.69, 9.17) is 0 Å². The van der Waals surface area contributed by atoms with Gasteiger partial charge in [-0.1, -0.05) is 32.3 Å². The van der Waals surface area contributed by atoms with Gasteiger partial charge in [-0.15, -0.1) is 0 Å². The maximum atomic E-state index is 15.7. The number of aromatic nitrogens is 3. The van der Waals surface area contributed by atoms with E-state index in [0.29, 0.717) is 49.5 Å². The zero-order valence-corrected chi connectivity index (χ0v) is 27.9. The highest BCUT2D eigenvalue weighted by atomic mass is 32.1. The highest BCUT2D eigenvalue weighted by Gasteiger charge is 2.35. The van der Waals surface area contributed by atoms with Crippen molar-refractivity contribution >= 4 is 40.8 Å². The number of nitrogens with one attached hydrogen (secondary N) is 3. The lowest BCUT2D eigenvalue weighted by Crippen LogP contribution is -2.55. The summed E-state index contributed by atoms with van der Waals surface area (Å²) in [5.74, 6) is -2.93. The zero-order chi connectivity index (χ0) is 33.5. The lowest BCUT2D eigenvalue weighted by Gasteiger charge is -2.36. The Bertz CT molecular complexity index is 1550. The van der Waals surface area contributed by atoms with Gasteiger partial charge in [0.25, 0.3) is 11.8 Å². The molecule has 0 spiro atoms. The molecule has 0 unspecified atom stereocenters. The number of rotatable bonds is 11. The molecule has 1 saturated heterocycles. The van der Waals surface area contributed by atoms with Crippen molar-refractivity contribution in [1.29, 1.82) is 0 Å². The molecule has 1 aliphatic carbocycles. The predicted molar refractivity (Wildman–Crippen MR) is 177 cm³/mol. The van der Waals surface area contributed by atoms with E-state index in [1.807, 2.05) is 14.0 Å². The van der Waals surface area contributed by atoms with Crippen molar-refractivity contribution in [3.05, 3.63) is 64.7 Å². The average Bonchev–Trinajstić information content (AvgIpc) is 3.80. The Balaban J connectivity index is 1.33. The van der Waals surface area contributed by atoms with Crippen LogP contribution < -0.4 is 16.0 Å². The molecule has 2 aromatic heterocycles. The molecule has 5 rings (SSSR count). The number of halogens is 1. The summed E-state index contributed by atoms with van der Waals surface area (Å²) in [5.41, 5.74) is 1.16. The Morgan fingerprint density at radius 3 is 2.43 bits per heavy atom. The number of amides is 4. The summed E-state index contributed by atoms with van der Waals surface area (Å²) in [7, 11) is 1.99. The summed E-state index contributed by atoms with van der Waals surface area (Å²) in [6.45, 7) is 6.62. The number of anilines is 1. The van der Waals surface area contributed by atoms with Gasteiger partial charge < -0.3 is 25.8 Å². The van der Waals surface area contributed by atoms with Crippen molar-refractivity contribution in [3.63, 3.8) is 0 Å². The summed E-state index contributed by atoms with van der Waals surface area (Å²) < 4.78 is 21.3. The molecule has 3 N–H and O–H groups in total. The van der Waals surface area contributed by atoms with E-state index in [2.05, 4.69) is 30.3 Å². The number of carbonyl (C=O) groups is 4. The van der Waals surface area contributed by atoms with E-state index < -0.39 is 41.5 Å². The predicted octanol–water partition coefficient (Wildman–Crippen LogP) is 3.49. The molecule has 12 nitrogen and oxygen atoms in total. The quantitative estimate of drug-likeness (QED) is 0.285. The number of hydrogen-bond acceptors (Lipinski definition) is 8. The Kier molecular flexibility index (Phi) is 11.4. The number of piperazine rings is 1. The normalized spacial score (nSPS) is 17.8. The van der Waals surface area contributed by atoms with E-state index in [9.17, 15) is 19.2 Å². The molecular formula is C33H43FN8O4S. The first-order valence-corrected chi connectivity index (χ1v) is 17.1. The number of hydrogen-bond donors (Lipinski definition) is 3. The molecule has 0 radical (unpaired) electrons. The lowest BCUT2D eigenvalue weighted by atomic mass is 9.83. The molecule has 3 atom stereocenters. The van der Waals surface area contributed by atoms with Gasteiger partial charge in [-0.25, -0.2) is 8.76 Å². The molecule has 3 heterocycles. The number of likely N-dealkylation sites (N-methyl/N-ethyl adjacent to an activating group) is 1. The molecule has 14 heteroatoms. The SMILES string of the molecule is CCn1nccc1C(=O)N[C@H](C(=O)Nc1ccc([C@H](C)[C@@H](NC(=O)c2cnsc2)C(=O)N2CCN(C)CC2)cc1F)C1CCCCC1. The second-order valence-electron chi connectivity index (χ2n) is 12.4. The van der Waals surface area contributed by atoms with Crippen LogP contribution in [-0.2, 0) is 16.1 Å². The van der Waals surface area contributed by atoms with E-state index in [0.717, 1.165) is 43.6 Å². The van der Waals surface area contributed by atoms with Crippen molar-refractivity contribution in [2.45, 2.75) is 70.5 Å². The fourth-order valence-corrected chi connectivity index (χ4v) is 6.86. The fourth-order valence-electron chi connectivity index (χ4n) is 6.34. The second kappa shape index (κ2) is 15.6. The molecule has 2 aliphatic rings. The minimum Gasteiger partial charge on any atom is -0.340 e. The van der Waals surface area contributed by atoms with Crippen molar-refractivity contribution in [3.8, 4) is 0 Å². The van der Waals surface area contributed by atoms with Crippen LogP contribution >= 0.6 is 11.5 Å². The first kappa shape index (κ1) is 34.2. The topological polar surface area (TPSA) is 142 Å². The molecule has 47 heavy (non-hydrogen) atoms. The van der Waals surface area contributed by atoms with Crippen LogP contribution in [0.4, 0.5) is 10.1 Å². The summed E-state index contributed by atoms with van der Waals surface area (Å²) in [4.78, 5) is 57.5. The largest absolute Gasteiger partial charge is 0.340 e. The van der Waals surface area contributed by atoms with Gasteiger partial charge in [0.15, 0.2) is 0 Å². The van der Waals surface area contributed by atoms with E-state index in [1.54, 1.807) is 40.2 Å². The van der Waals surface area contributed by atoms with E-state index >= 15 is 4.39 Å². The number of benzene rings is 1. The van der Waals surface area contributed by atoms with Gasteiger partial charge in [-0.2, -0.15) is 5.10 Å². The highest BCUT2D eigenvalue weighted by Crippen LogP contribution is 2.29. The summed E-state index contributed by atoms with van der Waals surface area (Å²) in [6, 6.07) is 4.21. The third kappa shape index (κ3) is 8.22. The molecule has 4 amide bonds. The minimum absolute atomic E-state index is 0.0325. The van der Waals surface area contributed by atoms with Gasteiger partial charge in [-0.3, -0.25) is 23.9 Å². The van der Waals surface area contributed by atoms with Crippen molar-refractivity contribution in [2.75, 3.05) is 38.5 Å². The van der Waals surface area contributed by atoms with Crippen molar-refractivity contribution in [1.82, 2.24) is 34.6 Å². The maximum Gasteiger partial charge on any atom is 0.270 e. The van der Waals surface area contributed by atoms with Gasteiger partial charge in [0.05, 0.1) is 17.4 Å². The highest BCUT2D eigenvalue weighted by molar-refractivity contribution is 7.03. The van der Waals surface area contributed by atoms with Crippen molar-refractivity contribution in [2.24, 2.45) is 5.92 Å². The van der Waals surface area contributed by atoms with Crippen LogP contribution in [0.5, 0.6) is 0 Å². The lowest BCUT2D eigenvalue weighted by molar-refractivity contribution is -0.135. The molecular weight excluding hydrogens is 623 g/mol. The van der Waals surface area contributed by atoms with Gasteiger partial charge >= 0.3 is 0 Å². The van der Waals surface area contributed by atoms with Gasteiger partial charge in [-0.05, 0) is 68.0 Å². The summed E-state index contributed by atoms with van der Waals surface area (Å²) in [6.07, 6.45) is 7.51. The molecule has 1 aliphatic heterocycles. The Labute approximate surface area is 278 Å². The monoisotopic (exact) mass is 666 g/mol. The standard InChI is InChI=1S/C33H43FN8O4S/c1-4-42-27(12-13-35-42)31(44)39-29(22-8-6-5-7-9-22)32(45)37-26-11-10-23(18-25(26)34)21(2)28(38-30(43)24-19-36-47-20-24)33(46)41-16-14-40(3)15-17-41/h10-13,18-22,28-29H,4-9,14-17H2,1-3H3,(H,37,45)(H,38,43)(H,39,44)/t21-,28+,29-/m0/s1. The van der Waals surface area contributed by atoms with Crippen LogP contribution in [0.25, 0.3) is 0 Å². The summed E-state index contributed by atoms with van der Waals surface area (Å²) in [5, 5.41) is 14.2. The van der Waals surface area contributed by atoms with Crippen LogP contribution in [0.3, 0.4) is 0 Å². The smallest absolute Gasteiger partial charge is 0.270 e. The van der Waals surface area contributed by atoms with E-state index in [-0.39, 0.29) is 17.5 Å². The average molecular weight is 667 g/mol. The van der Waals surface area contributed by atoms with Gasteiger partial charge in [0, 0.05) is 50.2 Å². The Hall–Kier alpha value is -4.17. The van der Waals surface area contributed by atoms with Crippen molar-refractivity contribution < 1.29 is 23.6 Å². The molecule has 252 valence electrons. The number of nitrogens with zero attached hydrogens (tertiary/aromatic N) is 5.